The summed E-state index contributed by atoms with van der Waals surface area (Å²) in [5.41, 5.74) is 5.52. The van der Waals surface area contributed by atoms with Crippen LogP contribution in [-0.4, -0.2) is 27.0 Å². The van der Waals surface area contributed by atoms with Crippen LogP contribution in [0.25, 0.3) is 0 Å². The summed E-state index contributed by atoms with van der Waals surface area (Å²) in [5.74, 6) is 0.406. The minimum Gasteiger partial charge on any atom is -0.348 e. The number of rotatable bonds is 4. The normalized spacial score (nSPS) is 17.9. The number of anilines is 1. The zero-order valence-electron chi connectivity index (χ0n) is 9.43. The molecule has 0 amide bonds. The van der Waals surface area contributed by atoms with Gasteiger partial charge in [-0.1, -0.05) is 12.8 Å². The van der Waals surface area contributed by atoms with Crippen molar-refractivity contribution in [3.8, 4) is 0 Å². The summed E-state index contributed by atoms with van der Waals surface area (Å²) in [6.45, 7) is 0.521. The van der Waals surface area contributed by atoms with Crippen LogP contribution in [0.3, 0.4) is 0 Å². The molecule has 0 aromatic carbocycles. The number of nitrogens with zero attached hydrogens (tertiary/aromatic N) is 3. The monoisotopic (exact) mass is 237 g/mol. The average Bonchev–Trinajstić information content (AvgIpc) is 2.79. The van der Waals surface area contributed by atoms with Gasteiger partial charge in [-0.05, 0) is 12.8 Å². The van der Waals surface area contributed by atoms with E-state index in [1.54, 1.807) is 0 Å². The Morgan fingerprint density at radius 1 is 1.41 bits per heavy atom. The summed E-state index contributed by atoms with van der Waals surface area (Å²) in [6.07, 6.45) is 6.66. The van der Waals surface area contributed by atoms with E-state index >= 15 is 0 Å². The van der Waals surface area contributed by atoms with E-state index in [0.717, 1.165) is 25.7 Å². The van der Waals surface area contributed by atoms with Gasteiger partial charge in [-0.2, -0.15) is 0 Å². The Hall–Kier alpha value is -1.76. The molecular formula is C10H15N5O2. The third kappa shape index (κ3) is 2.50. The number of aromatic nitrogens is 2. The van der Waals surface area contributed by atoms with E-state index in [2.05, 4.69) is 15.3 Å². The van der Waals surface area contributed by atoms with Crippen LogP contribution in [0.5, 0.6) is 0 Å². The molecule has 7 nitrogen and oxygen atoms in total. The van der Waals surface area contributed by atoms with E-state index in [1.165, 1.54) is 12.4 Å². The molecule has 3 N–H and O–H groups in total. The van der Waals surface area contributed by atoms with Crippen LogP contribution >= 0.6 is 0 Å². The highest BCUT2D eigenvalue weighted by atomic mass is 16.6. The Morgan fingerprint density at radius 2 is 2.00 bits per heavy atom. The molecule has 0 bridgehead atoms. The highest BCUT2D eigenvalue weighted by Gasteiger charge is 2.32. The Morgan fingerprint density at radius 3 is 2.47 bits per heavy atom. The van der Waals surface area contributed by atoms with E-state index in [0.29, 0.717) is 12.5 Å². The van der Waals surface area contributed by atoms with E-state index in [1.807, 2.05) is 0 Å². The maximum atomic E-state index is 10.5. The SMILES string of the molecule is NCC1(Nc2ncc([N+](=O)[O-])cn2)CCCC1. The number of nitrogens with two attached hydrogens (primary N) is 1. The molecule has 0 saturated heterocycles. The minimum absolute atomic E-state index is 0.108. The lowest BCUT2D eigenvalue weighted by Gasteiger charge is -2.28. The van der Waals surface area contributed by atoms with Crippen molar-refractivity contribution in [1.29, 1.82) is 0 Å². The zero-order chi connectivity index (χ0) is 12.3. The molecule has 0 aliphatic heterocycles. The van der Waals surface area contributed by atoms with E-state index in [-0.39, 0.29) is 11.2 Å². The quantitative estimate of drug-likeness (QED) is 0.599. The van der Waals surface area contributed by atoms with Gasteiger partial charge in [-0.3, -0.25) is 10.1 Å². The van der Waals surface area contributed by atoms with Crippen LogP contribution in [0.2, 0.25) is 0 Å². The van der Waals surface area contributed by atoms with Gasteiger partial charge in [0.2, 0.25) is 5.95 Å². The van der Waals surface area contributed by atoms with Gasteiger partial charge >= 0.3 is 5.69 Å². The summed E-state index contributed by atoms with van der Waals surface area (Å²) in [6, 6.07) is 0. The van der Waals surface area contributed by atoms with E-state index < -0.39 is 4.92 Å². The van der Waals surface area contributed by atoms with Crippen LogP contribution in [-0.2, 0) is 0 Å². The maximum Gasteiger partial charge on any atom is 0.305 e. The van der Waals surface area contributed by atoms with Gasteiger partial charge in [0.15, 0.2) is 0 Å². The fraction of sp³-hybridized carbons (Fsp3) is 0.600. The first-order valence-corrected chi connectivity index (χ1v) is 5.60. The Bertz CT molecular complexity index is 400. The van der Waals surface area contributed by atoms with Gasteiger partial charge in [-0.15, -0.1) is 0 Å². The molecule has 0 spiro atoms. The first kappa shape index (κ1) is 11.7. The Labute approximate surface area is 98.6 Å². The molecule has 0 radical (unpaired) electrons. The van der Waals surface area contributed by atoms with Crippen LogP contribution < -0.4 is 11.1 Å². The fourth-order valence-electron chi connectivity index (χ4n) is 2.15. The van der Waals surface area contributed by atoms with Gasteiger partial charge in [0.25, 0.3) is 0 Å². The molecule has 1 aliphatic rings. The van der Waals surface area contributed by atoms with E-state index in [9.17, 15) is 10.1 Å². The van der Waals surface area contributed by atoms with Crippen LogP contribution in [0.4, 0.5) is 11.6 Å². The second-order valence-corrected chi connectivity index (χ2v) is 4.34. The number of hydrogen-bond donors (Lipinski definition) is 2. The number of hydrogen-bond acceptors (Lipinski definition) is 6. The predicted molar refractivity (Wildman–Crippen MR) is 62.6 cm³/mol. The van der Waals surface area contributed by atoms with Crippen molar-refractivity contribution in [2.24, 2.45) is 5.73 Å². The summed E-state index contributed by atoms with van der Waals surface area (Å²) >= 11 is 0. The van der Waals surface area contributed by atoms with Crippen molar-refractivity contribution >= 4 is 11.6 Å². The summed E-state index contributed by atoms with van der Waals surface area (Å²) < 4.78 is 0. The third-order valence-corrected chi connectivity index (χ3v) is 3.18. The molecule has 1 fully saturated rings. The molecule has 1 aromatic heterocycles. The van der Waals surface area contributed by atoms with Crippen molar-refractivity contribution in [1.82, 2.24) is 9.97 Å². The molecule has 1 saturated carbocycles. The minimum atomic E-state index is -0.516. The number of nitro groups is 1. The molecule has 17 heavy (non-hydrogen) atoms. The second-order valence-electron chi connectivity index (χ2n) is 4.34. The molecule has 2 rings (SSSR count). The lowest BCUT2D eigenvalue weighted by Crippen LogP contribution is -2.43. The van der Waals surface area contributed by atoms with Crippen molar-refractivity contribution in [2.75, 3.05) is 11.9 Å². The highest BCUT2D eigenvalue weighted by Crippen LogP contribution is 2.31. The lowest BCUT2D eigenvalue weighted by atomic mass is 9.98. The van der Waals surface area contributed by atoms with Crippen LogP contribution in [0, 0.1) is 10.1 Å². The van der Waals surface area contributed by atoms with Crippen molar-refractivity contribution < 1.29 is 4.92 Å². The molecule has 7 heteroatoms. The van der Waals surface area contributed by atoms with Gasteiger partial charge in [0.1, 0.15) is 12.4 Å². The van der Waals surface area contributed by atoms with Gasteiger partial charge < -0.3 is 11.1 Å². The highest BCUT2D eigenvalue weighted by molar-refractivity contribution is 5.34. The molecular weight excluding hydrogens is 222 g/mol. The molecule has 92 valence electrons. The fourth-order valence-corrected chi connectivity index (χ4v) is 2.15. The molecule has 1 aromatic rings. The molecule has 1 heterocycles. The van der Waals surface area contributed by atoms with Crippen LogP contribution in [0.1, 0.15) is 25.7 Å². The largest absolute Gasteiger partial charge is 0.348 e. The van der Waals surface area contributed by atoms with Gasteiger partial charge in [-0.25, -0.2) is 9.97 Å². The maximum absolute atomic E-state index is 10.5. The van der Waals surface area contributed by atoms with Crippen molar-refractivity contribution in [3.63, 3.8) is 0 Å². The summed E-state index contributed by atoms with van der Waals surface area (Å²) in [4.78, 5) is 17.8. The van der Waals surface area contributed by atoms with E-state index in [4.69, 9.17) is 5.73 Å². The van der Waals surface area contributed by atoms with Crippen LogP contribution in [0.15, 0.2) is 12.4 Å². The average molecular weight is 237 g/mol. The third-order valence-electron chi connectivity index (χ3n) is 3.18. The Kier molecular flexibility index (Phi) is 3.19. The second kappa shape index (κ2) is 4.62. The molecule has 1 aliphatic carbocycles. The Balaban J connectivity index is 2.10. The van der Waals surface area contributed by atoms with Crippen molar-refractivity contribution in [2.45, 2.75) is 31.2 Å². The predicted octanol–water partition coefficient (Wildman–Crippen LogP) is 1.07. The molecule has 0 atom stereocenters. The first-order chi connectivity index (χ1) is 8.15. The van der Waals surface area contributed by atoms with Gasteiger partial charge in [0.05, 0.1) is 10.5 Å². The topological polar surface area (TPSA) is 107 Å². The summed E-state index contributed by atoms with van der Waals surface area (Å²) in [5, 5.41) is 13.7. The molecule has 0 unspecified atom stereocenters. The summed E-state index contributed by atoms with van der Waals surface area (Å²) in [7, 11) is 0. The standard InChI is InChI=1S/C10H15N5O2/c11-7-10(3-1-2-4-10)14-9-12-5-8(6-13-9)15(16)17/h5-6H,1-4,7,11H2,(H,12,13,14). The van der Waals surface area contributed by atoms with Crippen molar-refractivity contribution in [3.05, 3.63) is 22.5 Å². The first-order valence-electron chi connectivity index (χ1n) is 5.60. The zero-order valence-corrected chi connectivity index (χ0v) is 9.43. The van der Waals surface area contributed by atoms with Gasteiger partial charge in [0, 0.05) is 6.54 Å². The smallest absolute Gasteiger partial charge is 0.305 e. The number of nitrogens with one attached hydrogen (secondary N) is 1. The lowest BCUT2D eigenvalue weighted by molar-refractivity contribution is -0.385.